The zero-order chi connectivity index (χ0) is 24.4. The SMILES string of the molecule is COCCOc1cc(Cl)cc(-c2c3c(nn2C)[C@@H](C)N(C(=O)c2cccc(OC)c2Cl)CC3)c1. The molecule has 0 unspecified atom stereocenters. The van der Waals surface area contributed by atoms with Crippen LogP contribution in [0.1, 0.15) is 34.6 Å². The van der Waals surface area contributed by atoms with Gasteiger partial charge in [-0.1, -0.05) is 29.3 Å². The minimum absolute atomic E-state index is 0.147. The molecule has 0 aliphatic carbocycles. The lowest BCUT2D eigenvalue weighted by molar-refractivity contribution is 0.0673. The average molecular weight is 504 g/mol. The molecule has 0 spiro atoms. The summed E-state index contributed by atoms with van der Waals surface area (Å²) < 4.78 is 18.0. The maximum absolute atomic E-state index is 13.4. The van der Waals surface area contributed by atoms with Gasteiger partial charge in [-0.2, -0.15) is 5.10 Å². The number of hydrogen-bond acceptors (Lipinski definition) is 5. The highest BCUT2D eigenvalue weighted by atomic mass is 35.5. The topological polar surface area (TPSA) is 65.8 Å². The molecule has 0 radical (unpaired) electrons. The molecule has 180 valence electrons. The molecule has 7 nitrogen and oxygen atoms in total. The number of rotatable bonds is 7. The van der Waals surface area contributed by atoms with Crippen molar-refractivity contribution >= 4 is 29.1 Å². The zero-order valence-corrected chi connectivity index (χ0v) is 21.1. The van der Waals surface area contributed by atoms with Gasteiger partial charge >= 0.3 is 0 Å². The first kappa shape index (κ1) is 24.4. The van der Waals surface area contributed by atoms with E-state index in [-0.39, 0.29) is 11.9 Å². The van der Waals surface area contributed by atoms with E-state index in [1.807, 2.05) is 30.8 Å². The number of amides is 1. The normalized spacial score (nSPS) is 15.2. The van der Waals surface area contributed by atoms with Crippen LogP contribution in [0.25, 0.3) is 11.3 Å². The van der Waals surface area contributed by atoms with Gasteiger partial charge in [-0.3, -0.25) is 9.48 Å². The molecule has 0 saturated heterocycles. The van der Waals surface area contributed by atoms with E-state index in [4.69, 9.17) is 42.5 Å². The number of carbonyl (C=O) groups is 1. The summed E-state index contributed by atoms with van der Waals surface area (Å²) in [5.74, 6) is 0.996. The molecule has 2 aromatic carbocycles. The van der Waals surface area contributed by atoms with Gasteiger partial charge < -0.3 is 19.1 Å². The van der Waals surface area contributed by atoms with Crippen LogP contribution in [0.15, 0.2) is 36.4 Å². The van der Waals surface area contributed by atoms with E-state index >= 15 is 0 Å². The number of methoxy groups -OCH3 is 2. The van der Waals surface area contributed by atoms with Crippen LogP contribution >= 0.6 is 23.2 Å². The van der Waals surface area contributed by atoms with Gasteiger partial charge in [0.15, 0.2) is 0 Å². The molecule has 3 aromatic rings. The molecule has 1 amide bonds. The molecule has 34 heavy (non-hydrogen) atoms. The number of carbonyl (C=O) groups excluding carboxylic acids is 1. The third-order valence-corrected chi connectivity index (χ3v) is 6.63. The molecule has 1 atom stereocenters. The molecule has 4 rings (SSSR count). The number of ether oxygens (including phenoxy) is 3. The highest BCUT2D eigenvalue weighted by Gasteiger charge is 2.34. The quantitative estimate of drug-likeness (QED) is 0.415. The third kappa shape index (κ3) is 4.60. The molecule has 0 bridgehead atoms. The van der Waals surface area contributed by atoms with Crippen LogP contribution < -0.4 is 9.47 Å². The summed E-state index contributed by atoms with van der Waals surface area (Å²) in [5, 5.41) is 5.68. The number of hydrogen-bond donors (Lipinski definition) is 0. The Morgan fingerprint density at radius 2 is 1.97 bits per heavy atom. The number of fused-ring (bicyclic) bond motifs is 1. The van der Waals surface area contributed by atoms with E-state index in [2.05, 4.69) is 0 Å². The molecule has 0 fully saturated rings. The molecule has 1 aliphatic rings. The first-order valence-corrected chi connectivity index (χ1v) is 11.7. The Labute approximate surface area is 209 Å². The van der Waals surface area contributed by atoms with E-state index in [1.54, 1.807) is 36.3 Å². The molecule has 0 N–H and O–H groups in total. The fourth-order valence-electron chi connectivity index (χ4n) is 4.40. The van der Waals surface area contributed by atoms with Gasteiger partial charge in [0.1, 0.15) is 18.1 Å². The average Bonchev–Trinajstić information content (AvgIpc) is 3.16. The van der Waals surface area contributed by atoms with Crippen molar-refractivity contribution in [3.05, 3.63) is 63.3 Å². The second kappa shape index (κ2) is 10.3. The summed E-state index contributed by atoms with van der Waals surface area (Å²) in [6.45, 7) is 3.44. The van der Waals surface area contributed by atoms with Crippen LogP contribution in [-0.4, -0.2) is 54.6 Å². The maximum atomic E-state index is 13.4. The Morgan fingerprint density at radius 3 is 2.71 bits per heavy atom. The van der Waals surface area contributed by atoms with Gasteiger partial charge in [-0.25, -0.2) is 0 Å². The minimum atomic E-state index is -0.227. The van der Waals surface area contributed by atoms with Crippen LogP contribution in [0.2, 0.25) is 10.0 Å². The predicted octanol–water partition coefficient (Wildman–Crippen LogP) is 5.19. The number of nitrogens with zero attached hydrogens (tertiary/aromatic N) is 3. The Morgan fingerprint density at radius 1 is 1.18 bits per heavy atom. The van der Waals surface area contributed by atoms with Crippen molar-refractivity contribution in [1.82, 2.24) is 14.7 Å². The first-order valence-electron chi connectivity index (χ1n) is 11.0. The second-order valence-corrected chi connectivity index (χ2v) is 8.91. The van der Waals surface area contributed by atoms with Gasteiger partial charge in [0.2, 0.25) is 0 Å². The van der Waals surface area contributed by atoms with Crippen LogP contribution in [0.4, 0.5) is 0 Å². The summed E-state index contributed by atoms with van der Waals surface area (Å²) in [4.78, 5) is 15.2. The number of aryl methyl sites for hydroxylation is 1. The molecular formula is C25H27Cl2N3O4. The number of aromatic nitrogens is 2. The summed E-state index contributed by atoms with van der Waals surface area (Å²) in [7, 11) is 5.06. The van der Waals surface area contributed by atoms with Gasteiger partial charge in [0, 0.05) is 36.9 Å². The van der Waals surface area contributed by atoms with E-state index in [1.165, 1.54) is 7.11 Å². The van der Waals surface area contributed by atoms with Crippen LogP contribution in [0.3, 0.4) is 0 Å². The maximum Gasteiger partial charge on any atom is 0.256 e. The molecule has 9 heteroatoms. The summed E-state index contributed by atoms with van der Waals surface area (Å²) >= 11 is 12.8. The van der Waals surface area contributed by atoms with Crippen molar-refractivity contribution in [1.29, 1.82) is 0 Å². The predicted molar refractivity (Wildman–Crippen MR) is 132 cm³/mol. The van der Waals surface area contributed by atoms with Crippen molar-refractivity contribution in [2.75, 3.05) is 34.0 Å². The summed E-state index contributed by atoms with van der Waals surface area (Å²) in [6.07, 6.45) is 0.655. The third-order valence-electron chi connectivity index (χ3n) is 6.02. The monoisotopic (exact) mass is 503 g/mol. The highest BCUT2D eigenvalue weighted by Crippen LogP contribution is 2.39. The van der Waals surface area contributed by atoms with E-state index in [0.717, 1.165) is 22.5 Å². The highest BCUT2D eigenvalue weighted by molar-refractivity contribution is 6.35. The molecule has 0 saturated carbocycles. The summed E-state index contributed by atoms with van der Waals surface area (Å²) in [6, 6.07) is 10.6. The minimum Gasteiger partial charge on any atom is -0.495 e. The fraction of sp³-hybridized carbons (Fsp3) is 0.360. The van der Waals surface area contributed by atoms with Crippen molar-refractivity contribution in [3.63, 3.8) is 0 Å². The van der Waals surface area contributed by atoms with Gasteiger partial charge in [-0.05, 0) is 43.7 Å². The van der Waals surface area contributed by atoms with Crippen molar-refractivity contribution < 1.29 is 19.0 Å². The Hall–Kier alpha value is -2.74. The van der Waals surface area contributed by atoms with Gasteiger partial charge in [0.25, 0.3) is 5.91 Å². The van der Waals surface area contributed by atoms with E-state index in [0.29, 0.717) is 53.3 Å². The largest absolute Gasteiger partial charge is 0.495 e. The number of benzene rings is 2. The van der Waals surface area contributed by atoms with Crippen LogP contribution in [-0.2, 0) is 18.2 Å². The van der Waals surface area contributed by atoms with Crippen molar-refractivity contribution in [2.24, 2.45) is 7.05 Å². The Bertz CT molecular complexity index is 1210. The summed E-state index contributed by atoms with van der Waals surface area (Å²) in [5.41, 5.74) is 4.26. The zero-order valence-electron chi connectivity index (χ0n) is 19.6. The first-order chi connectivity index (χ1) is 16.3. The van der Waals surface area contributed by atoms with Crippen molar-refractivity contribution in [2.45, 2.75) is 19.4 Å². The van der Waals surface area contributed by atoms with E-state index in [9.17, 15) is 4.79 Å². The standard InChI is InChI=1S/C25H27Cl2N3O4/c1-15-23-20(8-9-30(15)25(31)19-6-5-7-21(33-4)22(19)27)24(29(2)28-23)16-12-17(26)14-18(13-16)34-11-10-32-3/h5-7,12-15H,8-11H2,1-4H3/t15-/m1/s1. The lowest BCUT2D eigenvalue weighted by Gasteiger charge is -2.33. The molecule has 2 heterocycles. The van der Waals surface area contributed by atoms with Gasteiger partial charge in [0.05, 0.1) is 41.7 Å². The number of halogens is 2. The van der Waals surface area contributed by atoms with Crippen LogP contribution in [0, 0.1) is 0 Å². The van der Waals surface area contributed by atoms with Crippen LogP contribution in [0.5, 0.6) is 11.5 Å². The molecule has 1 aliphatic heterocycles. The van der Waals surface area contributed by atoms with E-state index < -0.39 is 0 Å². The van der Waals surface area contributed by atoms with Gasteiger partial charge in [-0.15, -0.1) is 0 Å². The smallest absolute Gasteiger partial charge is 0.256 e. The lowest BCUT2D eigenvalue weighted by atomic mass is 9.95. The second-order valence-electron chi connectivity index (χ2n) is 8.10. The fourth-order valence-corrected chi connectivity index (χ4v) is 4.91. The molecular weight excluding hydrogens is 477 g/mol. The lowest BCUT2D eigenvalue weighted by Crippen LogP contribution is -2.39. The molecule has 1 aromatic heterocycles. The Kier molecular flexibility index (Phi) is 7.36. The van der Waals surface area contributed by atoms with Crippen molar-refractivity contribution in [3.8, 4) is 22.8 Å². The Balaban J connectivity index is 1.66.